The van der Waals surface area contributed by atoms with Crippen LogP contribution in [0.5, 0.6) is 0 Å². The highest BCUT2D eigenvalue weighted by atomic mass is 16.1. The number of benzene rings is 1. The lowest BCUT2D eigenvalue weighted by Crippen LogP contribution is -2.05. The van der Waals surface area contributed by atoms with Crippen LogP contribution in [0.3, 0.4) is 0 Å². The maximum absolute atomic E-state index is 10.9. The van der Waals surface area contributed by atoms with E-state index in [2.05, 4.69) is 22.0 Å². The minimum absolute atomic E-state index is 0.241. The molecule has 0 radical (unpaired) electrons. The quantitative estimate of drug-likeness (QED) is 0.643. The molecular formula is C12H8N2O. The topological polar surface area (TPSA) is 45.8 Å². The molecule has 0 aliphatic carbocycles. The minimum Gasteiger partial charge on any atom is -0.268 e. The second-order valence-electron chi connectivity index (χ2n) is 2.95. The molecule has 2 rings (SSSR count). The lowest BCUT2D eigenvalue weighted by molar-refractivity contribution is 0.984. The van der Waals surface area contributed by atoms with Crippen LogP contribution in [0, 0.1) is 11.8 Å². The molecular weight excluding hydrogens is 188 g/mol. The Morgan fingerprint density at radius 2 is 1.80 bits per heavy atom. The van der Waals surface area contributed by atoms with Gasteiger partial charge < -0.3 is 0 Å². The Morgan fingerprint density at radius 3 is 2.53 bits per heavy atom. The van der Waals surface area contributed by atoms with E-state index in [0.29, 0.717) is 5.56 Å². The van der Waals surface area contributed by atoms with Gasteiger partial charge in [0, 0.05) is 11.6 Å². The maximum Gasteiger partial charge on any atom is 0.265 e. The van der Waals surface area contributed by atoms with Gasteiger partial charge in [0.05, 0.1) is 11.8 Å². The van der Waals surface area contributed by atoms with Gasteiger partial charge in [0.1, 0.15) is 0 Å². The molecule has 15 heavy (non-hydrogen) atoms. The van der Waals surface area contributed by atoms with Gasteiger partial charge in [-0.05, 0) is 12.1 Å². The third-order valence-electron chi connectivity index (χ3n) is 1.79. The van der Waals surface area contributed by atoms with Crippen LogP contribution >= 0.6 is 0 Å². The zero-order chi connectivity index (χ0) is 10.5. The first-order valence-electron chi connectivity index (χ1n) is 4.46. The van der Waals surface area contributed by atoms with Gasteiger partial charge in [-0.15, -0.1) is 0 Å². The standard InChI is InChI=1S/C12H8N2O/c15-12-8-11(9-13-14-12)7-6-10-4-2-1-3-5-10/h1-5,8-9H,(H,14,15). The van der Waals surface area contributed by atoms with Crippen molar-refractivity contribution in [1.82, 2.24) is 10.2 Å². The smallest absolute Gasteiger partial charge is 0.265 e. The van der Waals surface area contributed by atoms with E-state index in [9.17, 15) is 4.79 Å². The van der Waals surface area contributed by atoms with Crippen molar-refractivity contribution in [2.75, 3.05) is 0 Å². The Morgan fingerprint density at radius 1 is 1.07 bits per heavy atom. The van der Waals surface area contributed by atoms with E-state index in [0.717, 1.165) is 5.56 Å². The van der Waals surface area contributed by atoms with Crippen molar-refractivity contribution >= 4 is 0 Å². The molecule has 2 aromatic rings. The lowest BCUT2D eigenvalue weighted by atomic mass is 10.2. The molecule has 1 aromatic carbocycles. The molecule has 1 heterocycles. The number of rotatable bonds is 0. The van der Waals surface area contributed by atoms with Gasteiger partial charge in [-0.1, -0.05) is 30.0 Å². The predicted octanol–water partition coefficient (Wildman–Crippen LogP) is 1.17. The Hall–Kier alpha value is -2.34. The van der Waals surface area contributed by atoms with Crippen molar-refractivity contribution in [3.05, 3.63) is 64.1 Å². The number of nitrogens with zero attached hydrogens (tertiary/aromatic N) is 1. The van der Waals surface area contributed by atoms with E-state index in [1.54, 1.807) is 0 Å². The van der Waals surface area contributed by atoms with Crippen molar-refractivity contribution in [2.24, 2.45) is 0 Å². The number of aromatic nitrogens is 2. The van der Waals surface area contributed by atoms with Crippen molar-refractivity contribution < 1.29 is 0 Å². The van der Waals surface area contributed by atoms with Crippen LogP contribution in [0.1, 0.15) is 11.1 Å². The van der Waals surface area contributed by atoms with Crippen LogP contribution in [-0.2, 0) is 0 Å². The zero-order valence-electron chi connectivity index (χ0n) is 7.90. The van der Waals surface area contributed by atoms with E-state index in [-0.39, 0.29) is 5.56 Å². The molecule has 72 valence electrons. The first kappa shape index (κ1) is 9.22. The third kappa shape index (κ3) is 2.55. The average Bonchev–Trinajstić information content (AvgIpc) is 2.28. The molecule has 0 amide bonds. The van der Waals surface area contributed by atoms with Crippen LogP contribution < -0.4 is 5.56 Å². The summed E-state index contributed by atoms with van der Waals surface area (Å²) in [7, 11) is 0. The molecule has 1 N–H and O–H groups in total. The van der Waals surface area contributed by atoms with Gasteiger partial charge in [-0.3, -0.25) is 4.79 Å². The Kier molecular flexibility index (Phi) is 2.61. The number of nitrogens with one attached hydrogen (secondary N) is 1. The molecule has 0 unspecified atom stereocenters. The SMILES string of the molecule is O=c1cc(C#Cc2ccccc2)cn[nH]1. The molecule has 1 aromatic heterocycles. The average molecular weight is 196 g/mol. The molecule has 0 saturated heterocycles. The summed E-state index contributed by atoms with van der Waals surface area (Å²) < 4.78 is 0. The Balaban J connectivity index is 2.30. The van der Waals surface area contributed by atoms with Gasteiger partial charge >= 0.3 is 0 Å². The van der Waals surface area contributed by atoms with Crippen LogP contribution in [-0.4, -0.2) is 10.2 Å². The molecule has 0 spiro atoms. The molecule has 0 aliphatic rings. The van der Waals surface area contributed by atoms with Crippen molar-refractivity contribution in [3.8, 4) is 11.8 Å². The van der Waals surface area contributed by atoms with Crippen LogP contribution in [0.4, 0.5) is 0 Å². The normalized spacial score (nSPS) is 9.07. The molecule has 0 atom stereocenters. The summed E-state index contributed by atoms with van der Waals surface area (Å²) in [6, 6.07) is 11.0. The molecule has 3 heteroatoms. The fraction of sp³-hybridized carbons (Fsp3) is 0. The summed E-state index contributed by atoms with van der Waals surface area (Å²) in [4.78, 5) is 10.9. The van der Waals surface area contributed by atoms with E-state index in [1.807, 2.05) is 30.3 Å². The van der Waals surface area contributed by atoms with Crippen molar-refractivity contribution in [3.63, 3.8) is 0 Å². The van der Waals surface area contributed by atoms with Crippen molar-refractivity contribution in [2.45, 2.75) is 0 Å². The summed E-state index contributed by atoms with van der Waals surface area (Å²) in [5.74, 6) is 5.81. The number of hydrogen-bond donors (Lipinski definition) is 1. The second-order valence-corrected chi connectivity index (χ2v) is 2.95. The summed E-state index contributed by atoms with van der Waals surface area (Å²) in [6.07, 6.45) is 1.53. The molecule has 0 fully saturated rings. The number of H-pyrrole nitrogens is 1. The van der Waals surface area contributed by atoms with Gasteiger partial charge in [-0.2, -0.15) is 5.10 Å². The monoisotopic (exact) mass is 196 g/mol. The summed E-state index contributed by atoms with van der Waals surface area (Å²) in [5.41, 5.74) is 1.29. The van der Waals surface area contributed by atoms with Crippen LogP contribution in [0.15, 0.2) is 47.4 Å². The number of aromatic amines is 1. The maximum atomic E-state index is 10.9. The predicted molar refractivity (Wildman–Crippen MR) is 57.3 cm³/mol. The Bertz CT molecular complexity index is 561. The molecule has 3 nitrogen and oxygen atoms in total. The van der Waals surface area contributed by atoms with E-state index in [4.69, 9.17) is 0 Å². The van der Waals surface area contributed by atoms with Gasteiger partial charge in [0.25, 0.3) is 5.56 Å². The zero-order valence-corrected chi connectivity index (χ0v) is 7.90. The fourth-order valence-electron chi connectivity index (χ4n) is 1.11. The van der Waals surface area contributed by atoms with E-state index >= 15 is 0 Å². The fourth-order valence-corrected chi connectivity index (χ4v) is 1.11. The van der Waals surface area contributed by atoms with E-state index < -0.39 is 0 Å². The van der Waals surface area contributed by atoms with E-state index in [1.165, 1.54) is 12.3 Å². The van der Waals surface area contributed by atoms with Crippen molar-refractivity contribution in [1.29, 1.82) is 0 Å². The Labute approximate surface area is 86.8 Å². The number of hydrogen-bond acceptors (Lipinski definition) is 2. The first-order chi connectivity index (χ1) is 7.34. The largest absolute Gasteiger partial charge is 0.268 e. The van der Waals surface area contributed by atoms with Gasteiger partial charge in [0.15, 0.2) is 0 Å². The molecule has 0 aliphatic heterocycles. The summed E-state index contributed by atoms with van der Waals surface area (Å²) in [5, 5.41) is 5.95. The molecule has 0 bridgehead atoms. The highest BCUT2D eigenvalue weighted by Crippen LogP contribution is 1.96. The minimum atomic E-state index is -0.241. The summed E-state index contributed by atoms with van der Waals surface area (Å²) in [6.45, 7) is 0. The first-order valence-corrected chi connectivity index (χ1v) is 4.46. The molecule has 0 saturated carbocycles. The van der Waals surface area contributed by atoms with Gasteiger partial charge in [-0.25, -0.2) is 5.10 Å². The van der Waals surface area contributed by atoms with Gasteiger partial charge in [0.2, 0.25) is 0 Å². The van der Waals surface area contributed by atoms with Crippen LogP contribution in [0.2, 0.25) is 0 Å². The highest BCUT2D eigenvalue weighted by Gasteiger charge is 1.88. The van der Waals surface area contributed by atoms with Crippen LogP contribution in [0.25, 0.3) is 0 Å². The highest BCUT2D eigenvalue weighted by molar-refractivity contribution is 5.40. The summed E-state index contributed by atoms with van der Waals surface area (Å²) >= 11 is 0. The lowest BCUT2D eigenvalue weighted by Gasteiger charge is -1.87. The second kappa shape index (κ2) is 4.25. The third-order valence-corrected chi connectivity index (χ3v) is 1.79.